The lowest BCUT2D eigenvalue weighted by atomic mass is 9.91. The van der Waals surface area contributed by atoms with Gasteiger partial charge in [0.2, 0.25) is 0 Å². The Hall–Kier alpha value is -2.78. The van der Waals surface area contributed by atoms with Crippen LogP contribution in [0.25, 0.3) is 34.1 Å². The molecular weight excluding hydrogens is 417 g/mol. The Labute approximate surface area is 189 Å². The molecule has 3 aromatic rings. The molecule has 0 saturated carbocycles. The van der Waals surface area contributed by atoms with Gasteiger partial charge in [-0.05, 0) is 42.7 Å². The van der Waals surface area contributed by atoms with Crippen LogP contribution in [0.3, 0.4) is 0 Å². The molecule has 5 heteroatoms. The van der Waals surface area contributed by atoms with Gasteiger partial charge in [0.15, 0.2) is 0 Å². The topological polar surface area (TPSA) is 47.9 Å². The first-order valence-corrected chi connectivity index (χ1v) is 12.7. The molecule has 0 unspecified atom stereocenters. The molecule has 164 valence electrons. The Bertz CT molecular complexity index is 1350. The lowest BCUT2D eigenvalue weighted by Gasteiger charge is -2.14. The maximum Gasteiger partial charge on any atom is 0.334 e. The molecule has 0 fully saturated rings. The second-order valence-corrected chi connectivity index (χ2v) is 9.59. The summed E-state index contributed by atoms with van der Waals surface area (Å²) in [4.78, 5) is 4.91. The molecule has 0 spiro atoms. The largest absolute Gasteiger partial charge is 0.334 e. The summed E-state index contributed by atoms with van der Waals surface area (Å²) in [5, 5.41) is 5.07. The minimum absolute atomic E-state index is 0.286. The number of allylic oxidation sites excluding steroid dienone is 2. The van der Waals surface area contributed by atoms with Crippen LogP contribution in [0.2, 0.25) is 0 Å². The second kappa shape index (κ2) is 9.79. The zero-order valence-corrected chi connectivity index (χ0v) is 19.5. The smallest absolute Gasteiger partial charge is 0.309 e. The Morgan fingerprint density at radius 2 is 1.72 bits per heavy atom. The molecule has 2 aliphatic rings. The summed E-state index contributed by atoms with van der Waals surface area (Å²) < 4.78 is 21.4. The van der Waals surface area contributed by atoms with Crippen molar-refractivity contribution in [2.45, 2.75) is 20.3 Å². The van der Waals surface area contributed by atoms with E-state index >= 15 is 0 Å². The number of para-hydroxylation sites is 1. The summed E-state index contributed by atoms with van der Waals surface area (Å²) in [6.45, 7) is 7.87. The van der Waals surface area contributed by atoms with E-state index in [1.165, 1.54) is 32.7 Å². The van der Waals surface area contributed by atoms with Crippen molar-refractivity contribution in [2.75, 3.05) is 19.4 Å². The van der Waals surface area contributed by atoms with Crippen molar-refractivity contribution in [3.63, 3.8) is 0 Å². The summed E-state index contributed by atoms with van der Waals surface area (Å²) >= 11 is 0. The van der Waals surface area contributed by atoms with Crippen molar-refractivity contribution in [3.8, 4) is 11.1 Å². The minimum Gasteiger partial charge on any atom is -0.309 e. The number of benzene rings is 3. The molecule has 1 aliphatic carbocycles. The molecule has 3 aromatic carbocycles. The van der Waals surface area contributed by atoms with E-state index in [0.29, 0.717) is 13.2 Å². The van der Waals surface area contributed by atoms with E-state index in [9.17, 15) is 4.57 Å². The second-order valence-electron chi connectivity index (χ2n) is 7.49. The van der Waals surface area contributed by atoms with Crippen LogP contribution in [0, 0.1) is 0 Å². The third kappa shape index (κ3) is 4.27. The Morgan fingerprint density at radius 1 is 1.03 bits per heavy atom. The fourth-order valence-corrected chi connectivity index (χ4v) is 5.60. The average Bonchev–Trinajstić information content (AvgIpc) is 3.20. The van der Waals surface area contributed by atoms with Gasteiger partial charge in [0.05, 0.1) is 30.4 Å². The first-order chi connectivity index (χ1) is 15.6. The van der Waals surface area contributed by atoms with Crippen molar-refractivity contribution >= 4 is 36.2 Å². The number of hydrogen-bond acceptors (Lipinski definition) is 4. The van der Waals surface area contributed by atoms with E-state index in [1.807, 2.05) is 0 Å². The van der Waals surface area contributed by atoms with Crippen molar-refractivity contribution in [1.82, 2.24) is 0 Å². The highest BCUT2D eigenvalue weighted by molar-refractivity contribution is 7.54. The van der Waals surface area contributed by atoms with E-state index in [1.54, 1.807) is 19.9 Å². The van der Waals surface area contributed by atoms with Gasteiger partial charge in [-0.1, -0.05) is 66.8 Å². The van der Waals surface area contributed by atoms with E-state index < -0.39 is 7.60 Å². The quantitative estimate of drug-likeness (QED) is 0.255. The predicted molar refractivity (Wildman–Crippen MR) is 134 cm³/mol. The van der Waals surface area contributed by atoms with E-state index in [0.717, 1.165) is 17.5 Å². The third-order valence-corrected chi connectivity index (χ3v) is 7.43. The average molecular weight is 445 g/mol. The van der Waals surface area contributed by atoms with E-state index in [4.69, 9.17) is 14.0 Å². The molecule has 1 heterocycles. The highest BCUT2D eigenvalue weighted by Crippen LogP contribution is 2.47. The minimum atomic E-state index is -2.84. The Balaban J connectivity index is 0.000000192. The molecule has 4 nitrogen and oxygen atoms in total. The molecule has 1 aliphatic heterocycles. The van der Waals surface area contributed by atoms with Crippen LogP contribution < -0.4 is 10.6 Å². The summed E-state index contributed by atoms with van der Waals surface area (Å²) in [5.74, 6) is 0. The lowest BCUT2D eigenvalue weighted by Crippen LogP contribution is -2.29. The van der Waals surface area contributed by atoms with E-state index in [-0.39, 0.29) is 6.16 Å². The van der Waals surface area contributed by atoms with Gasteiger partial charge >= 0.3 is 7.60 Å². The van der Waals surface area contributed by atoms with Crippen molar-refractivity contribution in [3.05, 3.63) is 83.4 Å². The van der Waals surface area contributed by atoms with Gasteiger partial charge in [0, 0.05) is 16.3 Å². The van der Waals surface area contributed by atoms with Gasteiger partial charge in [0.1, 0.15) is 0 Å². The first kappa shape index (κ1) is 22.4. The van der Waals surface area contributed by atoms with Gasteiger partial charge < -0.3 is 9.05 Å². The zero-order valence-electron chi connectivity index (χ0n) is 18.6. The summed E-state index contributed by atoms with van der Waals surface area (Å²) in [6.07, 6.45) is 9.60. The van der Waals surface area contributed by atoms with Crippen LogP contribution in [0.5, 0.6) is 0 Å². The monoisotopic (exact) mass is 445 g/mol. The molecule has 0 atom stereocenters. The fourth-order valence-electron chi connectivity index (χ4n) is 4.21. The molecule has 0 bridgehead atoms. The third-order valence-electron chi connectivity index (χ3n) is 5.42. The summed E-state index contributed by atoms with van der Waals surface area (Å²) in [5.41, 5.74) is 4.96. The standard InChI is InChI=1S/C20H13N.C7H15O3P/c1-3-9-15-13(7-1)14-8-2-4-10-16(14)20-19(15)17-11-5-6-12-18(17)21-20;1-4-7-11(8,9-5-2)10-6-3/h1-3,5-12H,4H2;4H,1,5-7H2,2-3H3. The maximum atomic E-state index is 11.5. The van der Waals surface area contributed by atoms with Crippen LogP contribution in [-0.2, 0) is 13.6 Å². The van der Waals surface area contributed by atoms with Crippen LogP contribution in [0.15, 0.2) is 72.3 Å². The zero-order chi connectivity index (χ0) is 22.6. The molecule has 0 amide bonds. The molecule has 0 N–H and O–H groups in total. The number of nitrogens with zero attached hydrogens (tertiary/aromatic N) is 1. The molecule has 0 saturated heterocycles. The van der Waals surface area contributed by atoms with Crippen LogP contribution >= 0.6 is 7.60 Å². The Morgan fingerprint density at radius 3 is 2.44 bits per heavy atom. The van der Waals surface area contributed by atoms with Crippen molar-refractivity contribution < 1.29 is 13.6 Å². The molecule has 32 heavy (non-hydrogen) atoms. The molecule has 0 radical (unpaired) electrons. The van der Waals surface area contributed by atoms with Crippen LogP contribution in [-0.4, -0.2) is 19.4 Å². The van der Waals surface area contributed by atoms with Gasteiger partial charge in [-0.2, -0.15) is 0 Å². The van der Waals surface area contributed by atoms with Crippen molar-refractivity contribution in [1.29, 1.82) is 0 Å². The lowest BCUT2D eigenvalue weighted by molar-refractivity contribution is 0.222. The number of fused-ring (bicyclic) bond motifs is 8. The van der Waals surface area contributed by atoms with Gasteiger partial charge in [-0.15, -0.1) is 6.58 Å². The van der Waals surface area contributed by atoms with Crippen LogP contribution in [0.1, 0.15) is 25.8 Å². The predicted octanol–water partition coefficient (Wildman–Crippen LogP) is 6.41. The SMILES string of the molecule is C1=Cc2c(c3c(c4ccccc24)-c2ccccc2N=3)=CC1.C=CCP(=O)(OCC)OCC. The van der Waals surface area contributed by atoms with Crippen molar-refractivity contribution in [2.24, 2.45) is 4.99 Å². The maximum absolute atomic E-state index is 11.5. The summed E-state index contributed by atoms with van der Waals surface area (Å²) in [6, 6.07) is 17.1. The first-order valence-electron chi connectivity index (χ1n) is 11.0. The normalized spacial score (nSPS) is 13.2. The highest BCUT2D eigenvalue weighted by Gasteiger charge is 2.21. The Kier molecular flexibility index (Phi) is 6.86. The summed E-state index contributed by atoms with van der Waals surface area (Å²) in [7, 11) is -2.84. The van der Waals surface area contributed by atoms with Gasteiger partial charge in [-0.3, -0.25) is 4.57 Å². The molecule has 0 aromatic heterocycles. The number of hydrogen-bond donors (Lipinski definition) is 0. The number of rotatable bonds is 6. The highest BCUT2D eigenvalue weighted by atomic mass is 31.2. The molecule has 5 rings (SSSR count). The van der Waals surface area contributed by atoms with Gasteiger partial charge in [0.25, 0.3) is 0 Å². The fraction of sp³-hybridized carbons (Fsp3) is 0.222. The van der Waals surface area contributed by atoms with Crippen LogP contribution in [0.4, 0.5) is 5.69 Å². The van der Waals surface area contributed by atoms with E-state index in [2.05, 4.69) is 73.3 Å². The van der Waals surface area contributed by atoms with Gasteiger partial charge in [-0.25, -0.2) is 4.99 Å². The molecular formula is C27H28NO3P.